The van der Waals surface area contributed by atoms with Crippen molar-refractivity contribution in [1.29, 1.82) is 5.26 Å². The Morgan fingerprint density at radius 2 is 2.03 bits per heavy atom. The van der Waals surface area contributed by atoms with E-state index in [1.165, 1.54) is 11.2 Å². The molecule has 0 bridgehead atoms. The number of carbonyl (C=O) groups is 1. The van der Waals surface area contributed by atoms with Gasteiger partial charge >= 0.3 is 6.09 Å². The molecule has 0 saturated carbocycles. The molecule has 1 saturated heterocycles. The lowest BCUT2D eigenvalue weighted by atomic mass is 9.96. The number of halogens is 2. The minimum absolute atomic E-state index is 0.125. The largest absolute Gasteiger partial charge is 0.465 e. The molecule has 2 aromatic rings. The van der Waals surface area contributed by atoms with E-state index in [2.05, 4.69) is 15.3 Å². The molecule has 1 aromatic carbocycles. The summed E-state index contributed by atoms with van der Waals surface area (Å²) in [6.45, 7) is 4.39. The van der Waals surface area contributed by atoms with Gasteiger partial charge in [0.05, 0.1) is 11.3 Å². The Balaban J connectivity index is 1.70. The molecule has 2 heterocycles. The van der Waals surface area contributed by atoms with Crippen molar-refractivity contribution in [2.24, 2.45) is 5.92 Å². The number of nitriles is 1. The summed E-state index contributed by atoms with van der Waals surface area (Å²) >= 11 is 0. The maximum Gasteiger partial charge on any atom is 0.407 e. The van der Waals surface area contributed by atoms with Gasteiger partial charge in [-0.3, -0.25) is 0 Å². The molecule has 1 aromatic heterocycles. The molecule has 1 amide bonds. The van der Waals surface area contributed by atoms with Crippen LogP contribution in [0.3, 0.4) is 0 Å². The molecule has 0 unspecified atom stereocenters. The van der Waals surface area contributed by atoms with Crippen molar-refractivity contribution in [1.82, 2.24) is 14.9 Å². The molecule has 0 aliphatic carbocycles. The molecular weight excluding hydrogens is 394 g/mol. The van der Waals surface area contributed by atoms with E-state index in [9.17, 15) is 13.6 Å². The number of likely N-dealkylation sites (tertiary alicyclic amines) is 1. The summed E-state index contributed by atoms with van der Waals surface area (Å²) < 4.78 is 28.0. The van der Waals surface area contributed by atoms with Gasteiger partial charge in [-0.1, -0.05) is 0 Å². The second kappa shape index (κ2) is 9.35. The van der Waals surface area contributed by atoms with Gasteiger partial charge in [0, 0.05) is 38.3 Å². The minimum Gasteiger partial charge on any atom is -0.465 e. The number of benzene rings is 1. The van der Waals surface area contributed by atoms with Crippen LogP contribution in [0.4, 0.5) is 30.9 Å². The predicted molar refractivity (Wildman–Crippen MR) is 107 cm³/mol. The highest BCUT2D eigenvalue weighted by Gasteiger charge is 2.24. The van der Waals surface area contributed by atoms with Gasteiger partial charge in [0.1, 0.15) is 35.7 Å². The van der Waals surface area contributed by atoms with Crippen LogP contribution in [0.1, 0.15) is 25.3 Å². The fraction of sp³-hybridized carbons (Fsp3) is 0.400. The van der Waals surface area contributed by atoms with Crippen molar-refractivity contribution in [2.75, 3.05) is 36.4 Å². The maximum atomic E-state index is 14.1. The first-order valence-corrected chi connectivity index (χ1v) is 9.62. The van der Waals surface area contributed by atoms with Gasteiger partial charge in [0.15, 0.2) is 0 Å². The predicted octanol–water partition coefficient (Wildman–Crippen LogP) is 3.59. The van der Waals surface area contributed by atoms with Crippen LogP contribution >= 0.6 is 0 Å². The molecular formula is C20H22F2N6O2. The van der Waals surface area contributed by atoms with Crippen LogP contribution in [0, 0.1) is 28.9 Å². The van der Waals surface area contributed by atoms with Crippen LogP contribution in [-0.4, -0.2) is 52.2 Å². The van der Waals surface area contributed by atoms with E-state index in [0.717, 1.165) is 25.0 Å². The fourth-order valence-electron chi connectivity index (χ4n) is 3.46. The quantitative estimate of drug-likeness (QED) is 0.741. The highest BCUT2D eigenvalue weighted by atomic mass is 19.1. The highest BCUT2D eigenvalue weighted by molar-refractivity contribution is 5.65. The Morgan fingerprint density at radius 3 is 2.67 bits per heavy atom. The lowest BCUT2D eigenvalue weighted by Gasteiger charge is -2.33. The summed E-state index contributed by atoms with van der Waals surface area (Å²) in [7, 11) is 0. The molecule has 2 N–H and O–H groups in total. The number of amides is 1. The van der Waals surface area contributed by atoms with Gasteiger partial charge in [-0.2, -0.15) is 5.26 Å². The Labute approximate surface area is 172 Å². The summed E-state index contributed by atoms with van der Waals surface area (Å²) in [5.41, 5.74) is -0.493. The van der Waals surface area contributed by atoms with E-state index < -0.39 is 17.7 Å². The number of aromatic nitrogens is 2. The molecule has 1 aliphatic heterocycles. The summed E-state index contributed by atoms with van der Waals surface area (Å²) in [5.74, 6) is -0.325. The maximum absolute atomic E-state index is 14.1. The van der Waals surface area contributed by atoms with Crippen LogP contribution in [0.5, 0.6) is 0 Å². The monoisotopic (exact) mass is 416 g/mol. The van der Waals surface area contributed by atoms with Crippen molar-refractivity contribution < 1.29 is 18.7 Å². The summed E-state index contributed by atoms with van der Waals surface area (Å²) in [4.78, 5) is 22.9. The van der Waals surface area contributed by atoms with E-state index in [1.807, 2.05) is 11.8 Å². The molecule has 0 atom stereocenters. The van der Waals surface area contributed by atoms with Crippen LogP contribution in [0.15, 0.2) is 24.5 Å². The van der Waals surface area contributed by atoms with Gasteiger partial charge < -0.3 is 20.2 Å². The van der Waals surface area contributed by atoms with E-state index in [4.69, 9.17) is 10.4 Å². The number of nitrogens with zero attached hydrogens (tertiary/aromatic N) is 5. The first kappa shape index (κ1) is 21.2. The topological polar surface area (TPSA) is 105 Å². The van der Waals surface area contributed by atoms with Gasteiger partial charge in [-0.25, -0.2) is 23.5 Å². The smallest absolute Gasteiger partial charge is 0.407 e. The number of hydrogen-bond acceptors (Lipinski definition) is 6. The van der Waals surface area contributed by atoms with Crippen LogP contribution in [0.2, 0.25) is 0 Å². The van der Waals surface area contributed by atoms with E-state index in [-0.39, 0.29) is 11.3 Å². The number of carboxylic acid groups (broad SMARTS) is 1. The van der Waals surface area contributed by atoms with Crippen molar-refractivity contribution in [3.63, 3.8) is 0 Å². The molecule has 1 fully saturated rings. The first-order valence-electron chi connectivity index (χ1n) is 9.62. The van der Waals surface area contributed by atoms with Crippen LogP contribution in [-0.2, 0) is 0 Å². The van der Waals surface area contributed by atoms with Gasteiger partial charge in [-0.15, -0.1) is 0 Å². The molecule has 10 heteroatoms. The Kier molecular flexibility index (Phi) is 6.61. The molecule has 0 radical (unpaired) electrons. The molecule has 3 rings (SSSR count). The third kappa shape index (κ3) is 4.92. The number of anilines is 3. The number of nitrogens with one attached hydrogen (secondary N) is 1. The third-order valence-electron chi connectivity index (χ3n) is 5.16. The Bertz CT molecular complexity index is 957. The number of piperidine rings is 1. The normalized spacial score (nSPS) is 14.3. The van der Waals surface area contributed by atoms with Gasteiger partial charge in [0.25, 0.3) is 0 Å². The lowest BCUT2D eigenvalue weighted by Crippen LogP contribution is -2.41. The van der Waals surface area contributed by atoms with Crippen LogP contribution < -0.4 is 10.2 Å². The zero-order valence-corrected chi connectivity index (χ0v) is 16.5. The van der Waals surface area contributed by atoms with Crippen molar-refractivity contribution in [3.05, 3.63) is 41.7 Å². The molecule has 30 heavy (non-hydrogen) atoms. The molecule has 8 nitrogen and oxygen atoms in total. The summed E-state index contributed by atoms with van der Waals surface area (Å²) in [6.07, 6.45) is 1.99. The third-order valence-corrected chi connectivity index (χ3v) is 5.16. The van der Waals surface area contributed by atoms with E-state index in [0.29, 0.717) is 43.7 Å². The number of hydrogen-bond donors (Lipinski definition) is 2. The lowest BCUT2D eigenvalue weighted by molar-refractivity contribution is 0.125. The first-order chi connectivity index (χ1) is 14.4. The highest BCUT2D eigenvalue weighted by Crippen LogP contribution is 2.25. The zero-order valence-electron chi connectivity index (χ0n) is 16.5. The number of rotatable bonds is 6. The van der Waals surface area contributed by atoms with Crippen molar-refractivity contribution >= 4 is 23.4 Å². The fourth-order valence-corrected chi connectivity index (χ4v) is 3.46. The SMILES string of the molecule is CCN(CC1CCN(C(=O)O)CC1)c1cc(Nc2cc(F)c(C#N)cc2F)ncn1. The molecule has 1 aliphatic rings. The summed E-state index contributed by atoms with van der Waals surface area (Å²) in [5, 5.41) is 20.6. The second-order valence-corrected chi connectivity index (χ2v) is 7.06. The zero-order chi connectivity index (χ0) is 21.7. The second-order valence-electron chi connectivity index (χ2n) is 7.06. The summed E-state index contributed by atoms with van der Waals surface area (Å²) in [6, 6.07) is 5.00. The van der Waals surface area contributed by atoms with Crippen LogP contribution in [0.25, 0.3) is 0 Å². The average molecular weight is 416 g/mol. The van der Waals surface area contributed by atoms with E-state index in [1.54, 1.807) is 12.1 Å². The standard InChI is InChI=1S/C20H22F2N6O2/c1-2-27(11-13-3-5-28(6-4-13)20(29)30)19-9-18(24-12-25-19)26-17-8-15(21)14(10-23)7-16(17)22/h7-9,12-13H,2-6,11H2,1H3,(H,29,30)(H,24,25,26). The minimum atomic E-state index is -0.890. The molecule has 158 valence electrons. The molecule has 0 spiro atoms. The van der Waals surface area contributed by atoms with Gasteiger partial charge in [0.2, 0.25) is 0 Å². The van der Waals surface area contributed by atoms with Gasteiger partial charge in [-0.05, 0) is 31.7 Å². The average Bonchev–Trinajstić information content (AvgIpc) is 2.74. The Hall–Kier alpha value is -3.48. The van der Waals surface area contributed by atoms with Crippen molar-refractivity contribution in [2.45, 2.75) is 19.8 Å². The van der Waals surface area contributed by atoms with E-state index >= 15 is 0 Å². The Morgan fingerprint density at radius 1 is 1.30 bits per heavy atom. The van der Waals surface area contributed by atoms with Crippen molar-refractivity contribution in [3.8, 4) is 6.07 Å².